The van der Waals surface area contributed by atoms with Gasteiger partial charge in [-0.25, -0.2) is 4.79 Å². The molecule has 0 aromatic heterocycles. The van der Waals surface area contributed by atoms with Gasteiger partial charge in [-0.3, -0.25) is 19.2 Å². The van der Waals surface area contributed by atoms with Crippen molar-refractivity contribution >= 4 is 29.8 Å². The molecule has 1 heterocycles. The molecule has 0 radical (unpaired) electrons. The smallest absolute Gasteiger partial charge is 0.342 e. The SMILES string of the molecule is C=CCOC(=O)c1cc(CO)ccc1OC1O[C@H](COC(C)=O)[C@H](OC(C)=O)[C@H](OC(C)=O)[C@H]1OC(C)=O. The number of aliphatic hydroxyl groups is 1. The molecule has 0 spiro atoms. The molecule has 1 fully saturated rings. The molecule has 0 amide bonds. The van der Waals surface area contributed by atoms with Crippen LogP contribution in [0.5, 0.6) is 5.75 Å². The fourth-order valence-corrected chi connectivity index (χ4v) is 3.56. The first-order valence-corrected chi connectivity index (χ1v) is 11.5. The van der Waals surface area contributed by atoms with Gasteiger partial charge < -0.3 is 38.3 Å². The average Bonchev–Trinajstić information content (AvgIpc) is 2.84. The molecule has 1 aliphatic heterocycles. The van der Waals surface area contributed by atoms with Crippen LogP contribution in [0.15, 0.2) is 30.9 Å². The fourth-order valence-electron chi connectivity index (χ4n) is 3.56. The Morgan fingerprint density at radius 2 is 1.50 bits per heavy atom. The van der Waals surface area contributed by atoms with Gasteiger partial charge in [-0.15, -0.1) is 0 Å². The van der Waals surface area contributed by atoms with E-state index in [9.17, 15) is 29.1 Å². The molecule has 13 nitrogen and oxygen atoms in total. The van der Waals surface area contributed by atoms with E-state index < -0.39 is 67.2 Å². The van der Waals surface area contributed by atoms with Crippen molar-refractivity contribution in [3.8, 4) is 5.75 Å². The van der Waals surface area contributed by atoms with E-state index in [-0.39, 0.29) is 24.5 Å². The lowest BCUT2D eigenvalue weighted by molar-refractivity contribution is -0.288. The summed E-state index contributed by atoms with van der Waals surface area (Å²) in [5.41, 5.74) is 0.260. The maximum absolute atomic E-state index is 12.7. The summed E-state index contributed by atoms with van der Waals surface area (Å²) < 4.78 is 37.9. The van der Waals surface area contributed by atoms with Crippen LogP contribution in [0.4, 0.5) is 0 Å². The normalized spacial score (nSPS) is 22.4. The quantitative estimate of drug-likeness (QED) is 0.240. The van der Waals surface area contributed by atoms with E-state index >= 15 is 0 Å². The third-order valence-electron chi connectivity index (χ3n) is 4.97. The van der Waals surface area contributed by atoms with E-state index in [1.807, 2.05) is 0 Å². The first kappa shape index (κ1) is 30.3. The Morgan fingerprint density at radius 3 is 2.05 bits per heavy atom. The lowest BCUT2D eigenvalue weighted by Crippen LogP contribution is -2.63. The van der Waals surface area contributed by atoms with Crippen molar-refractivity contribution in [2.75, 3.05) is 13.2 Å². The highest BCUT2D eigenvalue weighted by atomic mass is 16.7. The lowest BCUT2D eigenvalue weighted by Gasteiger charge is -2.44. The van der Waals surface area contributed by atoms with Crippen LogP contribution < -0.4 is 4.74 Å². The summed E-state index contributed by atoms with van der Waals surface area (Å²) >= 11 is 0. The Bertz CT molecular complexity index is 1050. The zero-order valence-corrected chi connectivity index (χ0v) is 21.4. The fraction of sp³-hybridized carbons (Fsp3) is 0.480. The van der Waals surface area contributed by atoms with Crippen molar-refractivity contribution in [2.24, 2.45) is 0 Å². The molecule has 1 N–H and O–H groups in total. The number of ether oxygens (including phenoxy) is 7. The second-order valence-electron chi connectivity index (χ2n) is 8.06. The van der Waals surface area contributed by atoms with Crippen molar-refractivity contribution in [1.29, 1.82) is 0 Å². The summed E-state index contributed by atoms with van der Waals surface area (Å²) in [5, 5.41) is 9.51. The molecule has 1 unspecified atom stereocenters. The molecule has 1 aliphatic rings. The van der Waals surface area contributed by atoms with Crippen molar-refractivity contribution < 1.29 is 62.2 Å². The van der Waals surface area contributed by atoms with Crippen LogP contribution in [0.1, 0.15) is 43.6 Å². The van der Waals surface area contributed by atoms with E-state index in [2.05, 4.69) is 6.58 Å². The van der Waals surface area contributed by atoms with Gasteiger partial charge in [-0.2, -0.15) is 0 Å². The standard InChI is InChI=1S/C25H30O13/c1-6-9-32-24(31)18-10-17(11-26)7-8-19(18)37-25-23(36-16(5)30)22(35-15(4)29)21(34-14(3)28)20(38-25)12-33-13(2)27/h6-8,10,20-23,25-26H,1,9,11-12H2,2-5H3/t20-,21+,22+,23-,25?/m1/s1. The van der Waals surface area contributed by atoms with Gasteiger partial charge in [0.25, 0.3) is 0 Å². The first-order chi connectivity index (χ1) is 18.0. The monoisotopic (exact) mass is 538 g/mol. The highest BCUT2D eigenvalue weighted by Crippen LogP contribution is 2.32. The minimum absolute atomic E-state index is 0.0999. The lowest BCUT2D eigenvalue weighted by atomic mass is 9.98. The summed E-state index contributed by atoms with van der Waals surface area (Å²) in [6.45, 7) is 6.95. The Balaban J connectivity index is 2.56. The Hall–Kier alpha value is -3.97. The number of rotatable bonds is 11. The molecular weight excluding hydrogens is 508 g/mol. The highest BCUT2D eigenvalue weighted by molar-refractivity contribution is 5.92. The van der Waals surface area contributed by atoms with Gasteiger partial charge in [0, 0.05) is 27.7 Å². The predicted octanol–water partition coefficient (Wildman–Crippen LogP) is 0.984. The molecule has 2 rings (SSSR count). The number of esters is 5. The molecule has 208 valence electrons. The van der Waals surface area contributed by atoms with Gasteiger partial charge in [-0.05, 0) is 17.7 Å². The van der Waals surface area contributed by atoms with Crippen molar-refractivity contribution in [2.45, 2.75) is 65.0 Å². The minimum Gasteiger partial charge on any atom is -0.463 e. The minimum atomic E-state index is -1.55. The molecule has 1 aromatic rings. The van der Waals surface area contributed by atoms with Crippen LogP contribution in [0.25, 0.3) is 0 Å². The molecule has 13 heteroatoms. The van der Waals surface area contributed by atoms with Gasteiger partial charge in [0.15, 0.2) is 12.2 Å². The van der Waals surface area contributed by atoms with Gasteiger partial charge in [0.1, 0.15) is 30.6 Å². The number of hydrogen-bond acceptors (Lipinski definition) is 13. The molecule has 38 heavy (non-hydrogen) atoms. The Labute approximate surface area is 218 Å². The predicted molar refractivity (Wildman–Crippen MR) is 125 cm³/mol. The van der Waals surface area contributed by atoms with E-state index in [0.29, 0.717) is 5.56 Å². The third kappa shape index (κ3) is 8.56. The molecule has 1 saturated heterocycles. The summed E-state index contributed by atoms with van der Waals surface area (Å²) in [4.78, 5) is 59.9. The Morgan fingerprint density at radius 1 is 0.895 bits per heavy atom. The van der Waals surface area contributed by atoms with Crippen LogP contribution >= 0.6 is 0 Å². The number of carbonyl (C=O) groups is 5. The van der Waals surface area contributed by atoms with Crippen LogP contribution in [-0.4, -0.2) is 78.9 Å². The number of carbonyl (C=O) groups excluding carboxylic acids is 5. The molecule has 0 saturated carbocycles. The topological polar surface area (TPSA) is 170 Å². The maximum atomic E-state index is 12.7. The zero-order chi connectivity index (χ0) is 28.4. The van der Waals surface area contributed by atoms with Gasteiger partial charge in [0.2, 0.25) is 12.4 Å². The summed E-state index contributed by atoms with van der Waals surface area (Å²) in [7, 11) is 0. The third-order valence-corrected chi connectivity index (χ3v) is 4.97. The van der Waals surface area contributed by atoms with E-state index in [1.54, 1.807) is 0 Å². The molecule has 0 aliphatic carbocycles. The van der Waals surface area contributed by atoms with E-state index in [4.69, 9.17) is 33.2 Å². The second kappa shape index (κ2) is 14.1. The molecular formula is C25H30O13. The highest BCUT2D eigenvalue weighted by Gasteiger charge is 2.53. The Kier molecular flexibility index (Phi) is 11.2. The molecule has 5 atom stereocenters. The molecule has 1 aromatic carbocycles. The number of hydrogen-bond donors (Lipinski definition) is 1. The zero-order valence-electron chi connectivity index (χ0n) is 21.4. The maximum Gasteiger partial charge on any atom is 0.342 e. The second-order valence-corrected chi connectivity index (χ2v) is 8.06. The van der Waals surface area contributed by atoms with Crippen LogP contribution in [-0.2, 0) is 54.2 Å². The van der Waals surface area contributed by atoms with Crippen LogP contribution in [0, 0.1) is 0 Å². The number of benzene rings is 1. The van der Waals surface area contributed by atoms with Crippen molar-refractivity contribution in [3.05, 3.63) is 42.0 Å². The first-order valence-electron chi connectivity index (χ1n) is 11.5. The van der Waals surface area contributed by atoms with E-state index in [1.165, 1.54) is 24.3 Å². The van der Waals surface area contributed by atoms with Gasteiger partial charge >= 0.3 is 29.8 Å². The van der Waals surface area contributed by atoms with Crippen LogP contribution in [0.3, 0.4) is 0 Å². The van der Waals surface area contributed by atoms with Gasteiger partial charge in [-0.1, -0.05) is 18.7 Å². The summed E-state index contributed by atoms with van der Waals surface area (Å²) in [5.74, 6) is -4.00. The van der Waals surface area contributed by atoms with Crippen LogP contribution in [0.2, 0.25) is 0 Å². The number of aliphatic hydroxyl groups excluding tert-OH is 1. The van der Waals surface area contributed by atoms with E-state index in [0.717, 1.165) is 27.7 Å². The average molecular weight is 539 g/mol. The summed E-state index contributed by atoms with van der Waals surface area (Å²) in [6, 6.07) is 4.14. The molecule has 0 bridgehead atoms. The largest absolute Gasteiger partial charge is 0.463 e. The van der Waals surface area contributed by atoms with Crippen molar-refractivity contribution in [3.63, 3.8) is 0 Å². The van der Waals surface area contributed by atoms with Gasteiger partial charge in [0.05, 0.1) is 6.61 Å². The van der Waals surface area contributed by atoms with Crippen molar-refractivity contribution in [1.82, 2.24) is 0 Å². The summed E-state index contributed by atoms with van der Waals surface area (Å²) in [6.07, 6.45) is -5.75.